The Bertz CT molecular complexity index is 903. The van der Waals surface area contributed by atoms with Gasteiger partial charge in [0.15, 0.2) is 0 Å². The molecule has 0 bridgehead atoms. The summed E-state index contributed by atoms with van der Waals surface area (Å²) in [7, 11) is 0. The van der Waals surface area contributed by atoms with Crippen LogP contribution in [-0.2, 0) is 4.84 Å². The molecule has 160 valence electrons. The summed E-state index contributed by atoms with van der Waals surface area (Å²) in [5.74, 6) is 0. The van der Waals surface area contributed by atoms with Gasteiger partial charge in [0.2, 0.25) is 0 Å². The van der Waals surface area contributed by atoms with Gasteiger partial charge in [-0.3, -0.25) is 0 Å². The van der Waals surface area contributed by atoms with Gasteiger partial charge in [-0.15, -0.1) is 0 Å². The van der Waals surface area contributed by atoms with E-state index in [0.29, 0.717) is 6.04 Å². The van der Waals surface area contributed by atoms with Crippen molar-refractivity contribution in [1.82, 2.24) is 5.32 Å². The van der Waals surface area contributed by atoms with Gasteiger partial charge in [0.1, 0.15) is 11.3 Å². The molecule has 1 aliphatic rings. The molecule has 0 heterocycles. The summed E-state index contributed by atoms with van der Waals surface area (Å²) >= 11 is 0. The van der Waals surface area contributed by atoms with E-state index in [-0.39, 0.29) is 5.60 Å². The summed E-state index contributed by atoms with van der Waals surface area (Å²) in [4.78, 5) is 5.79. The second-order valence-electron chi connectivity index (χ2n) is 9.35. The fraction of sp³-hybridized carbons (Fsp3) is 0.444. The number of oxime groups is 1. The van der Waals surface area contributed by atoms with Crippen LogP contribution >= 0.6 is 0 Å². The van der Waals surface area contributed by atoms with Crippen molar-refractivity contribution >= 4 is 11.8 Å². The Morgan fingerprint density at radius 1 is 0.933 bits per heavy atom. The van der Waals surface area contributed by atoms with E-state index in [2.05, 4.69) is 78.9 Å². The second-order valence-corrected chi connectivity index (χ2v) is 9.35. The highest BCUT2D eigenvalue weighted by Crippen LogP contribution is 2.37. The van der Waals surface area contributed by atoms with Crippen LogP contribution in [0.3, 0.4) is 0 Å². The fourth-order valence-corrected chi connectivity index (χ4v) is 3.62. The molecule has 2 aromatic rings. The number of hydrogen-bond donors (Lipinski definition) is 1. The van der Waals surface area contributed by atoms with E-state index in [1.54, 1.807) is 0 Å². The molecule has 0 aromatic heterocycles. The van der Waals surface area contributed by atoms with Crippen LogP contribution in [0.4, 0.5) is 0 Å². The number of nitrogens with zero attached hydrogens (tertiary/aromatic N) is 1. The van der Waals surface area contributed by atoms with E-state index < -0.39 is 0 Å². The first kappa shape index (κ1) is 22.3. The van der Waals surface area contributed by atoms with Crippen LogP contribution in [0.2, 0.25) is 0 Å². The molecule has 0 atom stereocenters. The highest BCUT2D eigenvalue weighted by atomic mass is 16.6. The third-order valence-electron chi connectivity index (χ3n) is 5.09. The molecule has 30 heavy (non-hydrogen) atoms. The highest BCUT2D eigenvalue weighted by Gasteiger charge is 2.26. The van der Waals surface area contributed by atoms with Crippen LogP contribution in [-0.4, -0.2) is 23.9 Å². The van der Waals surface area contributed by atoms with Gasteiger partial charge in [-0.05, 0) is 69.3 Å². The molecule has 0 saturated heterocycles. The lowest BCUT2D eigenvalue weighted by atomic mass is 10.0. The normalized spacial score (nSPS) is 14.5. The van der Waals surface area contributed by atoms with E-state index in [4.69, 9.17) is 4.84 Å². The van der Waals surface area contributed by atoms with E-state index in [1.165, 1.54) is 36.0 Å². The van der Waals surface area contributed by atoms with Crippen molar-refractivity contribution in [1.29, 1.82) is 0 Å². The molecule has 1 N–H and O–H groups in total. The predicted octanol–water partition coefficient (Wildman–Crippen LogP) is 6.81. The number of fused-ring (bicyclic) bond motifs is 3. The molecule has 3 nitrogen and oxygen atoms in total. The fourth-order valence-electron chi connectivity index (χ4n) is 3.62. The van der Waals surface area contributed by atoms with Crippen molar-refractivity contribution in [2.45, 2.75) is 71.9 Å². The lowest BCUT2D eigenvalue weighted by molar-refractivity contribution is 0.00121. The van der Waals surface area contributed by atoms with Gasteiger partial charge in [-0.25, -0.2) is 0 Å². The Kier molecular flexibility index (Phi) is 7.49. The van der Waals surface area contributed by atoms with Crippen LogP contribution in [0.5, 0.6) is 0 Å². The minimum Gasteiger partial charge on any atom is -0.390 e. The van der Waals surface area contributed by atoms with Gasteiger partial charge >= 0.3 is 0 Å². The summed E-state index contributed by atoms with van der Waals surface area (Å²) in [5, 5.41) is 8.03. The molecule has 0 aliphatic heterocycles. The zero-order valence-corrected chi connectivity index (χ0v) is 19.2. The Morgan fingerprint density at radius 3 is 2.40 bits per heavy atom. The third-order valence-corrected chi connectivity index (χ3v) is 5.09. The molecule has 0 radical (unpaired) electrons. The number of rotatable bonds is 9. The number of benzene rings is 2. The second kappa shape index (κ2) is 10.1. The summed E-state index contributed by atoms with van der Waals surface area (Å²) in [6.07, 6.45) is 9.40. The topological polar surface area (TPSA) is 33.6 Å². The average Bonchev–Trinajstić information content (AvgIpc) is 3.00. The maximum atomic E-state index is 5.79. The standard InChI is InChI=1S/C27H36N2O/c1-20(2)28-18-12-8-6-7-9-13-21-16-17-23-22-14-10-11-15-24(22)26(25(23)19-21)29-30-27(3,4)5/h9-11,13-17,19-20,28H,6-8,12,18H2,1-5H3. The zero-order valence-electron chi connectivity index (χ0n) is 19.2. The maximum Gasteiger partial charge on any atom is 0.129 e. The van der Waals surface area contributed by atoms with Gasteiger partial charge in [0.05, 0.1) is 0 Å². The lowest BCUT2D eigenvalue weighted by Gasteiger charge is -2.16. The first-order valence-corrected chi connectivity index (χ1v) is 11.3. The Labute approximate surface area is 182 Å². The van der Waals surface area contributed by atoms with Gasteiger partial charge in [-0.1, -0.05) is 74.0 Å². The van der Waals surface area contributed by atoms with Crippen LogP contribution in [0, 0.1) is 0 Å². The van der Waals surface area contributed by atoms with Crippen molar-refractivity contribution < 1.29 is 4.84 Å². The molecule has 0 unspecified atom stereocenters. The molecule has 0 fully saturated rings. The molecule has 1 aliphatic carbocycles. The van der Waals surface area contributed by atoms with Gasteiger partial charge in [-0.2, -0.15) is 0 Å². The van der Waals surface area contributed by atoms with E-state index in [0.717, 1.165) is 29.8 Å². The SMILES string of the molecule is CC(C)NCCCCCC=Cc1ccc2c(c1)C(=NOC(C)(C)C)c1ccccc1-2. The molecule has 3 rings (SSSR count). The Balaban J connectivity index is 1.68. The van der Waals surface area contributed by atoms with Gasteiger partial charge in [0.25, 0.3) is 0 Å². The smallest absolute Gasteiger partial charge is 0.129 e. The zero-order chi connectivity index (χ0) is 21.6. The largest absolute Gasteiger partial charge is 0.390 e. The van der Waals surface area contributed by atoms with Gasteiger partial charge in [0, 0.05) is 17.2 Å². The number of allylic oxidation sites excluding steroid dienone is 1. The summed E-state index contributed by atoms with van der Waals surface area (Å²) < 4.78 is 0. The summed E-state index contributed by atoms with van der Waals surface area (Å²) in [5.41, 5.74) is 6.60. The van der Waals surface area contributed by atoms with Crippen molar-refractivity contribution in [3.63, 3.8) is 0 Å². The molecule has 0 amide bonds. The van der Waals surface area contributed by atoms with Gasteiger partial charge < -0.3 is 10.2 Å². The molecular formula is C27H36N2O. The van der Waals surface area contributed by atoms with Crippen LogP contribution in [0.1, 0.15) is 77.0 Å². The Hall–Kier alpha value is -2.39. The molecular weight excluding hydrogens is 368 g/mol. The minimum atomic E-state index is -0.313. The van der Waals surface area contributed by atoms with E-state index >= 15 is 0 Å². The quantitative estimate of drug-likeness (QED) is 0.314. The van der Waals surface area contributed by atoms with Crippen LogP contribution < -0.4 is 5.32 Å². The molecule has 0 saturated carbocycles. The summed E-state index contributed by atoms with van der Waals surface area (Å²) in [6, 6.07) is 15.7. The first-order valence-electron chi connectivity index (χ1n) is 11.3. The number of unbranched alkanes of at least 4 members (excludes halogenated alkanes) is 3. The lowest BCUT2D eigenvalue weighted by Crippen LogP contribution is -2.23. The summed E-state index contributed by atoms with van der Waals surface area (Å²) in [6.45, 7) is 11.6. The van der Waals surface area contributed by atoms with E-state index in [1.807, 2.05) is 20.8 Å². The average molecular weight is 405 g/mol. The van der Waals surface area contributed by atoms with Crippen molar-refractivity contribution in [2.24, 2.45) is 5.16 Å². The highest BCUT2D eigenvalue weighted by molar-refractivity contribution is 6.24. The van der Waals surface area contributed by atoms with Crippen LogP contribution in [0.15, 0.2) is 53.7 Å². The van der Waals surface area contributed by atoms with Crippen molar-refractivity contribution in [3.05, 3.63) is 65.2 Å². The van der Waals surface area contributed by atoms with E-state index in [9.17, 15) is 0 Å². The van der Waals surface area contributed by atoms with Crippen molar-refractivity contribution in [2.75, 3.05) is 6.54 Å². The monoisotopic (exact) mass is 404 g/mol. The number of nitrogens with one attached hydrogen (secondary N) is 1. The third kappa shape index (κ3) is 6.06. The van der Waals surface area contributed by atoms with Crippen LogP contribution in [0.25, 0.3) is 17.2 Å². The Morgan fingerprint density at radius 2 is 1.67 bits per heavy atom. The maximum absolute atomic E-state index is 5.79. The minimum absolute atomic E-state index is 0.313. The van der Waals surface area contributed by atoms with Crippen molar-refractivity contribution in [3.8, 4) is 11.1 Å². The molecule has 0 spiro atoms. The first-order chi connectivity index (χ1) is 14.3. The predicted molar refractivity (Wildman–Crippen MR) is 129 cm³/mol. The number of hydrogen-bond acceptors (Lipinski definition) is 3. The molecule has 2 aromatic carbocycles. The molecule has 3 heteroatoms.